The highest BCUT2D eigenvalue weighted by atomic mass is 15.3. The molecule has 4 heterocycles. The molecule has 180 valence electrons. The second kappa shape index (κ2) is 9.05. The Labute approximate surface area is 206 Å². The highest BCUT2D eigenvalue weighted by molar-refractivity contribution is 5.57. The van der Waals surface area contributed by atoms with Crippen molar-refractivity contribution < 1.29 is 0 Å². The van der Waals surface area contributed by atoms with E-state index in [0.717, 1.165) is 17.0 Å². The van der Waals surface area contributed by atoms with E-state index in [4.69, 9.17) is 4.98 Å². The summed E-state index contributed by atoms with van der Waals surface area (Å²) in [5, 5.41) is 8.08. The van der Waals surface area contributed by atoms with Crippen LogP contribution in [0.2, 0.25) is 0 Å². The molecule has 0 aromatic carbocycles. The molecular formula is C26H31N9. The van der Waals surface area contributed by atoms with E-state index in [9.17, 15) is 0 Å². The van der Waals surface area contributed by atoms with E-state index in [1.807, 2.05) is 25.2 Å². The first-order valence-corrected chi connectivity index (χ1v) is 11.5. The van der Waals surface area contributed by atoms with Gasteiger partial charge < -0.3 is 4.90 Å². The van der Waals surface area contributed by atoms with Crippen LogP contribution in [0.4, 0.5) is 5.82 Å². The first-order chi connectivity index (χ1) is 16.5. The van der Waals surface area contributed by atoms with Crippen LogP contribution in [0.5, 0.6) is 0 Å². The van der Waals surface area contributed by atoms with Gasteiger partial charge in [-0.2, -0.15) is 10.2 Å². The molecule has 0 aliphatic carbocycles. The first kappa shape index (κ1) is 24.3. The predicted molar refractivity (Wildman–Crippen MR) is 135 cm³/mol. The van der Waals surface area contributed by atoms with Crippen molar-refractivity contribution in [2.45, 2.75) is 57.9 Å². The normalized spacial score (nSPS) is 13.8. The molecule has 0 saturated heterocycles. The Morgan fingerprint density at radius 1 is 0.771 bits per heavy atom. The molecule has 0 spiro atoms. The van der Waals surface area contributed by atoms with Crippen molar-refractivity contribution in [1.82, 2.24) is 40.1 Å². The van der Waals surface area contributed by atoms with Crippen LogP contribution in [0, 0.1) is 0 Å². The van der Waals surface area contributed by atoms with Crippen molar-refractivity contribution in [3.05, 3.63) is 78.8 Å². The SMILES string of the molecule is CN(c1cncc(-c2cc(C(C)(C)C)ncn2)n1)C(C)(c1ncccn1)C(C)(C)c1ccnnc1. The summed E-state index contributed by atoms with van der Waals surface area (Å²) in [4.78, 5) is 29.7. The van der Waals surface area contributed by atoms with Crippen molar-refractivity contribution in [3.63, 3.8) is 0 Å². The maximum absolute atomic E-state index is 4.95. The number of aromatic nitrogens is 8. The van der Waals surface area contributed by atoms with Crippen LogP contribution in [0.3, 0.4) is 0 Å². The van der Waals surface area contributed by atoms with E-state index in [0.29, 0.717) is 17.3 Å². The highest BCUT2D eigenvalue weighted by Gasteiger charge is 2.50. The molecule has 9 heteroatoms. The molecule has 0 N–H and O–H groups in total. The topological polar surface area (TPSA) is 106 Å². The third-order valence-electron chi connectivity index (χ3n) is 6.86. The Hall–Kier alpha value is -3.88. The van der Waals surface area contributed by atoms with Gasteiger partial charge in [-0.3, -0.25) is 4.98 Å². The minimum Gasteiger partial charge on any atom is -0.345 e. The molecule has 0 bridgehead atoms. The van der Waals surface area contributed by atoms with E-state index in [1.165, 1.54) is 0 Å². The van der Waals surface area contributed by atoms with Gasteiger partial charge in [-0.05, 0) is 30.7 Å². The molecule has 0 amide bonds. The molecule has 9 nitrogen and oxygen atoms in total. The molecule has 1 unspecified atom stereocenters. The van der Waals surface area contributed by atoms with E-state index < -0.39 is 11.0 Å². The number of nitrogens with zero attached hydrogens (tertiary/aromatic N) is 9. The Morgan fingerprint density at radius 2 is 1.51 bits per heavy atom. The van der Waals surface area contributed by atoms with Gasteiger partial charge in [-0.1, -0.05) is 34.6 Å². The number of hydrogen-bond acceptors (Lipinski definition) is 9. The monoisotopic (exact) mass is 469 g/mol. The highest BCUT2D eigenvalue weighted by Crippen LogP contribution is 2.45. The maximum Gasteiger partial charge on any atom is 0.154 e. The van der Waals surface area contributed by atoms with Crippen LogP contribution < -0.4 is 4.90 Å². The molecule has 0 radical (unpaired) electrons. The molecule has 0 saturated carbocycles. The quantitative estimate of drug-likeness (QED) is 0.412. The number of hydrogen-bond donors (Lipinski definition) is 0. The lowest BCUT2D eigenvalue weighted by Gasteiger charge is -2.49. The summed E-state index contributed by atoms with van der Waals surface area (Å²) in [5.41, 5.74) is 2.04. The summed E-state index contributed by atoms with van der Waals surface area (Å²) in [6.07, 6.45) is 12.0. The third kappa shape index (κ3) is 4.45. The van der Waals surface area contributed by atoms with Gasteiger partial charge in [0.25, 0.3) is 0 Å². The van der Waals surface area contributed by atoms with E-state index >= 15 is 0 Å². The van der Waals surface area contributed by atoms with Gasteiger partial charge in [0.05, 0.1) is 24.3 Å². The zero-order valence-corrected chi connectivity index (χ0v) is 21.3. The largest absolute Gasteiger partial charge is 0.345 e. The molecule has 4 rings (SSSR count). The van der Waals surface area contributed by atoms with Gasteiger partial charge in [0.15, 0.2) is 5.82 Å². The van der Waals surface area contributed by atoms with Gasteiger partial charge >= 0.3 is 0 Å². The van der Waals surface area contributed by atoms with Crippen LogP contribution in [0.1, 0.15) is 58.6 Å². The Balaban J connectivity index is 1.83. The molecule has 35 heavy (non-hydrogen) atoms. The van der Waals surface area contributed by atoms with Gasteiger partial charge in [0.2, 0.25) is 0 Å². The molecule has 1 atom stereocenters. The lowest BCUT2D eigenvalue weighted by atomic mass is 9.67. The Kier molecular flexibility index (Phi) is 6.27. The average molecular weight is 470 g/mol. The first-order valence-electron chi connectivity index (χ1n) is 11.5. The Morgan fingerprint density at radius 3 is 2.17 bits per heavy atom. The summed E-state index contributed by atoms with van der Waals surface area (Å²) in [6, 6.07) is 5.76. The third-order valence-corrected chi connectivity index (χ3v) is 6.86. The summed E-state index contributed by atoms with van der Waals surface area (Å²) in [7, 11) is 1.99. The van der Waals surface area contributed by atoms with Gasteiger partial charge in [0.1, 0.15) is 23.4 Å². The van der Waals surface area contributed by atoms with Crippen LogP contribution >= 0.6 is 0 Å². The number of anilines is 1. The summed E-state index contributed by atoms with van der Waals surface area (Å²) in [6.45, 7) is 12.8. The minimum atomic E-state index is -0.715. The molecular weight excluding hydrogens is 438 g/mol. The van der Waals surface area contributed by atoms with Gasteiger partial charge in [-0.25, -0.2) is 24.9 Å². The summed E-state index contributed by atoms with van der Waals surface area (Å²) >= 11 is 0. The molecule has 4 aromatic rings. The van der Waals surface area contributed by atoms with Gasteiger partial charge in [-0.15, -0.1) is 0 Å². The zero-order chi connectivity index (χ0) is 25.3. The second-order valence-corrected chi connectivity index (χ2v) is 10.3. The van der Waals surface area contributed by atoms with Crippen LogP contribution in [0.15, 0.2) is 61.7 Å². The van der Waals surface area contributed by atoms with Crippen LogP contribution in [-0.4, -0.2) is 47.1 Å². The lowest BCUT2D eigenvalue weighted by Crippen LogP contribution is -2.56. The number of likely N-dealkylation sites (N-methyl/N-ethyl adjacent to an activating group) is 1. The standard InChI is InChI=1S/C26H31N9/c1-24(2,3)21-13-19(30-17-31-21)20-15-27-16-22(34-20)35(7)26(6,23-28-10-8-11-29-23)25(4,5)18-9-12-32-33-14-18/h8-17H,1-7H3. The van der Waals surface area contributed by atoms with Gasteiger partial charge in [0, 0.05) is 42.2 Å². The van der Waals surface area contributed by atoms with E-state index in [-0.39, 0.29) is 5.41 Å². The molecule has 0 fully saturated rings. The fraction of sp³-hybridized carbons (Fsp3) is 0.385. The summed E-state index contributed by atoms with van der Waals surface area (Å²) < 4.78 is 0. The maximum atomic E-state index is 4.95. The number of rotatable bonds is 6. The van der Waals surface area contributed by atoms with Crippen LogP contribution in [-0.2, 0) is 16.4 Å². The van der Waals surface area contributed by atoms with Crippen molar-refractivity contribution in [1.29, 1.82) is 0 Å². The van der Waals surface area contributed by atoms with Crippen molar-refractivity contribution in [3.8, 4) is 11.4 Å². The molecule has 4 aromatic heterocycles. The average Bonchev–Trinajstić information content (AvgIpc) is 2.88. The fourth-order valence-electron chi connectivity index (χ4n) is 4.12. The Bertz CT molecular complexity index is 1290. The molecule has 0 aliphatic rings. The van der Waals surface area contributed by atoms with Crippen molar-refractivity contribution in [2.24, 2.45) is 0 Å². The smallest absolute Gasteiger partial charge is 0.154 e. The second-order valence-electron chi connectivity index (χ2n) is 10.3. The van der Waals surface area contributed by atoms with Crippen molar-refractivity contribution in [2.75, 3.05) is 11.9 Å². The minimum absolute atomic E-state index is 0.106. The molecule has 0 aliphatic heterocycles. The zero-order valence-electron chi connectivity index (χ0n) is 21.3. The summed E-state index contributed by atoms with van der Waals surface area (Å²) in [5.74, 6) is 1.33. The predicted octanol–water partition coefficient (Wildman–Crippen LogP) is 4.14. The van der Waals surface area contributed by atoms with E-state index in [2.05, 4.69) is 81.6 Å². The van der Waals surface area contributed by atoms with Crippen LogP contribution in [0.25, 0.3) is 11.4 Å². The van der Waals surface area contributed by atoms with E-state index in [1.54, 1.807) is 43.5 Å². The lowest BCUT2D eigenvalue weighted by molar-refractivity contribution is 0.255. The fourth-order valence-corrected chi connectivity index (χ4v) is 4.12. The van der Waals surface area contributed by atoms with Crippen molar-refractivity contribution >= 4 is 5.82 Å².